The Balaban J connectivity index is 2.04. The summed E-state index contributed by atoms with van der Waals surface area (Å²) >= 11 is 0. The number of pyridine rings is 1. The van der Waals surface area contributed by atoms with E-state index in [0.717, 1.165) is 40.4 Å². The summed E-state index contributed by atoms with van der Waals surface area (Å²) in [5, 5.41) is 3.46. The number of hydrogen-bond donors (Lipinski definition) is 2. The van der Waals surface area contributed by atoms with Gasteiger partial charge in [0.2, 0.25) is 0 Å². The Morgan fingerprint density at radius 1 is 1.17 bits per heavy atom. The molecule has 24 heavy (non-hydrogen) atoms. The molecule has 0 saturated carbocycles. The van der Waals surface area contributed by atoms with Gasteiger partial charge in [-0.2, -0.15) is 0 Å². The van der Waals surface area contributed by atoms with Crippen LogP contribution in [0.5, 0.6) is 0 Å². The Labute approximate surface area is 143 Å². The van der Waals surface area contributed by atoms with E-state index in [1.165, 1.54) is 0 Å². The van der Waals surface area contributed by atoms with Crippen molar-refractivity contribution in [2.24, 2.45) is 10.7 Å². The van der Waals surface area contributed by atoms with E-state index >= 15 is 0 Å². The minimum Gasteiger partial charge on any atom is -0.368 e. The summed E-state index contributed by atoms with van der Waals surface area (Å²) in [6.07, 6.45) is 1.87. The molecule has 5 heteroatoms. The van der Waals surface area contributed by atoms with E-state index in [2.05, 4.69) is 59.4 Å². The van der Waals surface area contributed by atoms with E-state index in [9.17, 15) is 0 Å². The maximum Gasteiger partial charge on any atom is 0.134 e. The van der Waals surface area contributed by atoms with Crippen molar-refractivity contribution in [3.63, 3.8) is 0 Å². The number of aromatic nitrogens is 1. The summed E-state index contributed by atoms with van der Waals surface area (Å²) < 4.78 is 0. The molecule has 126 valence electrons. The molecule has 1 aromatic carbocycles. The molecular formula is C19H25N5. The van der Waals surface area contributed by atoms with Crippen molar-refractivity contribution in [1.29, 1.82) is 0 Å². The average Bonchev–Trinajstić information content (AvgIpc) is 2.54. The maximum atomic E-state index is 5.94. The number of benzene rings is 1. The van der Waals surface area contributed by atoms with Crippen molar-refractivity contribution in [2.45, 2.75) is 39.4 Å². The fourth-order valence-corrected chi connectivity index (χ4v) is 2.78. The molecule has 0 radical (unpaired) electrons. The molecule has 0 unspecified atom stereocenters. The highest BCUT2D eigenvalue weighted by Crippen LogP contribution is 2.34. The molecule has 1 aliphatic heterocycles. The van der Waals surface area contributed by atoms with E-state index in [0.29, 0.717) is 6.04 Å². The van der Waals surface area contributed by atoms with Crippen molar-refractivity contribution >= 4 is 17.8 Å². The molecule has 1 atom stereocenters. The zero-order chi connectivity index (χ0) is 17.3. The quantitative estimate of drug-likeness (QED) is 0.900. The van der Waals surface area contributed by atoms with Crippen LogP contribution in [0.3, 0.4) is 0 Å². The summed E-state index contributed by atoms with van der Waals surface area (Å²) in [5.74, 6) is 0.914. The molecule has 0 bridgehead atoms. The molecule has 5 nitrogen and oxygen atoms in total. The minimum absolute atomic E-state index is 0.0360. The van der Waals surface area contributed by atoms with Crippen LogP contribution in [0.25, 0.3) is 11.3 Å². The second-order valence-corrected chi connectivity index (χ2v) is 6.72. The monoisotopic (exact) mass is 323 g/mol. The van der Waals surface area contributed by atoms with E-state index in [4.69, 9.17) is 10.7 Å². The predicted molar refractivity (Wildman–Crippen MR) is 101 cm³/mol. The van der Waals surface area contributed by atoms with Gasteiger partial charge in [0.25, 0.3) is 0 Å². The van der Waals surface area contributed by atoms with Crippen molar-refractivity contribution in [1.82, 2.24) is 9.88 Å². The van der Waals surface area contributed by atoms with E-state index in [1.54, 1.807) is 0 Å². The van der Waals surface area contributed by atoms with Gasteiger partial charge in [-0.3, -0.25) is 0 Å². The van der Waals surface area contributed by atoms with Crippen molar-refractivity contribution in [3.05, 3.63) is 41.5 Å². The molecule has 0 amide bonds. The van der Waals surface area contributed by atoms with Crippen LogP contribution in [0.1, 0.15) is 37.9 Å². The Morgan fingerprint density at radius 3 is 2.50 bits per heavy atom. The first-order valence-electron chi connectivity index (χ1n) is 8.35. The third-order valence-corrected chi connectivity index (χ3v) is 4.06. The zero-order valence-electron chi connectivity index (χ0n) is 14.7. The van der Waals surface area contributed by atoms with Crippen molar-refractivity contribution < 1.29 is 0 Å². The Kier molecular flexibility index (Phi) is 4.53. The van der Waals surface area contributed by atoms with Gasteiger partial charge in [0.05, 0.1) is 17.7 Å². The van der Waals surface area contributed by atoms with Crippen LogP contribution in [0.15, 0.2) is 35.3 Å². The van der Waals surface area contributed by atoms with Gasteiger partial charge < -0.3 is 16.0 Å². The molecule has 1 aromatic heterocycles. The lowest BCUT2D eigenvalue weighted by Gasteiger charge is -2.24. The molecule has 3 N–H and O–H groups in total. The second-order valence-electron chi connectivity index (χ2n) is 6.72. The number of aliphatic imine (C=N–C) groups is 1. The molecule has 0 fully saturated rings. The molecule has 2 heterocycles. The highest BCUT2D eigenvalue weighted by Gasteiger charge is 2.18. The maximum absolute atomic E-state index is 5.94. The molecule has 0 saturated heterocycles. The number of nitrogens with one attached hydrogen (secondary N) is 1. The van der Waals surface area contributed by atoms with Crippen LogP contribution in [0.2, 0.25) is 0 Å². The first-order valence-corrected chi connectivity index (χ1v) is 8.35. The van der Waals surface area contributed by atoms with Gasteiger partial charge in [-0.1, -0.05) is 24.3 Å². The Bertz CT molecular complexity index is 747. The van der Waals surface area contributed by atoms with Gasteiger partial charge in [-0.25, -0.2) is 9.98 Å². The number of nitrogens with two attached hydrogens (primary N) is 1. The van der Waals surface area contributed by atoms with Gasteiger partial charge >= 0.3 is 0 Å². The van der Waals surface area contributed by atoms with Crippen LogP contribution >= 0.6 is 0 Å². The highest BCUT2D eigenvalue weighted by molar-refractivity contribution is 5.76. The van der Waals surface area contributed by atoms with Gasteiger partial charge in [0, 0.05) is 36.8 Å². The zero-order valence-corrected chi connectivity index (χ0v) is 14.7. The fourth-order valence-electron chi connectivity index (χ4n) is 2.78. The molecule has 0 aliphatic carbocycles. The smallest absolute Gasteiger partial charge is 0.134 e. The van der Waals surface area contributed by atoms with Crippen LogP contribution in [-0.2, 0) is 6.54 Å². The third kappa shape index (κ3) is 3.41. The first-order chi connectivity index (χ1) is 11.4. The number of fused-ring (bicyclic) bond motifs is 1. The average molecular weight is 323 g/mol. The topological polar surface area (TPSA) is 66.5 Å². The Morgan fingerprint density at radius 2 is 1.88 bits per heavy atom. The van der Waals surface area contributed by atoms with E-state index in [1.807, 2.05) is 20.3 Å². The predicted octanol–water partition coefficient (Wildman–Crippen LogP) is 3.69. The molecule has 1 aliphatic rings. The van der Waals surface area contributed by atoms with E-state index in [-0.39, 0.29) is 6.04 Å². The second kappa shape index (κ2) is 6.61. The molecule has 0 spiro atoms. The third-order valence-electron chi connectivity index (χ3n) is 4.06. The lowest BCUT2D eigenvalue weighted by atomic mass is 10.0. The van der Waals surface area contributed by atoms with E-state index < -0.39 is 0 Å². The summed E-state index contributed by atoms with van der Waals surface area (Å²) in [6, 6.07) is 10.7. The lowest BCUT2D eigenvalue weighted by molar-refractivity contribution is 0.508. The van der Waals surface area contributed by atoms with Gasteiger partial charge in [0.15, 0.2) is 0 Å². The number of hydrogen-bond acceptors (Lipinski definition) is 5. The van der Waals surface area contributed by atoms with Gasteiger partial charge in [0.1, 0.15) is 5.82 Å². The van der Waals surface area contributed by atoms with Crippen LogP contribution < -0.4 is 11.1 Å². The number of nitrogens with zero attached hydrogens (tertiary/aromatic N) is 3. The number of anilines is 1. The SMILES string of the molecule is CC(C)Nc1nc(-c2ccc([C@@H](C)N)cc2)cc2c1CN(C)C=N2. The highest BCUT2D eigenvalue weighted by atomic mass is 15.2. The fraction of sp³-hybridized carbons (Fsp3) is 0.368. The van der Waals surface area contributed by atoms with Crippen molar-refractivity contribution in [2.75, 3.05) is 12.4 Å². The van der Waals surface area contributed by atoms with Crippen LogP contribution in [0, 0.1) is 0 Å². The Hall–Kier alpha value is -2.40. The van der Waals surface area contributed by atoms with Crippen molar-refractivity contribution in [3.8, 4) is 11.3 Å². The van der Waals surface area contributed by atoms with Gasteiger partial charge in [-0.15, -0.1) is 0 Å². The summed E-state index contributed by atoms with van der Waals surface area (Å²) in [5.41, 5.74) is 11.2. The summed E-state index contributed by atoms with van der Waals surface area (Å²) in [6.45, 7) is 7.04. The first kappa shape index (κ1) is 16.5. The lowest BCUT2D eigenvalue weighted by Crippen LogP contribution is -2.22. The largest absolute Gasteiger partial charge is 0.368 e. The van der Waals surface area contributed by atoms with Crippen LogP contribution in [-0.4, -0.2) is 29.3 Å². The number of rotatable bonds is 4. The molecular weight excluding hydrogens is 298 g/mol. The minimum atomic E-state index is 0.0360. The van der Waals surface area contributed by atoms with Gasteiger partial charge in [-0.05, 0) is 32.4 Å². The molecule has 2 aromatic rings. The van der Waals surface area contributed by atoms with Crippen LogP contribution in [0.4, 0.5) is 11.5 Å². The summed E-state index contributed by atoms with van der Waals surface area (Å²) in [7, 11) is 2.02. The summed E-state index contributed by atoms with van der Waals surface area (Å²) in [4.78, 5) is 11.5. The molecule has 3 rings (SSSR count). The normalized spacial score (nSPS) is 14.7. The standard InChI is InChI=1S/C19H25N5/c1-12(2)22-19-16-10-24(4)11-21-18(16)9-17(23-19)15-7-5-14(6-8-15)13(3)20/h5-9,11-13H,10,20H2,1-4H3,(H,22,23)/t13-/m1/s1.